The normalized spacial score (nSPS) is 10.4. The number of carbonyl (C=O) groups excluding carboxylic acids is 1. The van der Waals surface area contributed by atoms with Crippen molar-refractivity contribution < 1.29 is 4.79 Å². The SMILES string of the molecule is C=CC=NC(=O)N=CC=C. The zero-order chi connectivity index (χ0) is 7.82. The topological polar surface area (TPSA) is 41.8 Å². The van der Waals surface area contributed by atoms with Gasteiger partial charge in [0.05, 0.1) is 0 Å². The Balaban J connectivity index is 3.85. The van der Waals surface area contributed by atoms with Crippen LogP contribution in [0.1, 0.15) is 0 Å². The summed E-state index contributed by atoms with van der Waals surface area (Å²) < 4.78 is 0. The number of nitrogens with zero attached hydrogens (tertiary/aromatic N) is 2. The van der Waals surface area contributed by atoms with E-state index in [0.29, 0.717) is 0 Å². The molecule has 0 aromatic rings. The van der Waals surface area contributed by atoms with Crippen LogP contribution in [0, 0.1) is 0 Å². The molecule has 0 N–H and O–H groups in total. The van der Waals surface area contributed by atoms with E-state index in [1.54, 1.807) is 0 Å². The zero-order valence-electron chi connectivity index (χ0n) is 5.53. The molecule has 0 fully saturated rings. The second-order valence-corrected chi connectivity index (χ2v) is 1.31. The Morgan fingerprint density at radius 1 is 1.10 bits per heavy atom. The van der Waals surface area contributed by atoms with E-state index in [2.05, 4.69) is 23.1 Å². The summed E-state index contributed by atoms with van der Waals surface area (Å²) in [5.41, 5.74) is 0. The van der Waals surface area contributed by atoms with Crippen LogP contribution in [0.5, 0.6) is 0 Å². The van der Waals surface area contributed by atoms with Gasteiger partial charge in [0.15, 0.2) is 0 Å². The van der Waals surface area contributed by atoms with Gasteiger partial charge in [-0.2, -0.15) is 0 Å². The number of carbonyl (C=O) groups is 1. The number of rotatable bonds is 2. The molecule has 0 aliphatic rings. The van der Waals surface area contributed by atoms with Gasteiger partial charge in [-0.25, -0.2) is 14.8 Å². The van der Waals surface area contributed by atoms with Crippen LogP contribution in [0.3, 0.4) is 0 Å². The number of amides is 2. The Labute approximate surface area is 59.5 Å². The molecule has 0 aromatic heterocycles. The summed E-state index contributed by atoms with van der Waals surface area (Å²) in [6, 6.07) is -0.556. The molecule has 0 rings (SSSR count). The average molecular weight is 136 g/mol. The molecule has 0 bridgehead atoms. The highest BCUT2D eigenvalue weighted by Crippen LogP contribution is 1.78. The molecule has 2 amide bonds. The van der Waals surface area contributed by atoms with Gasteiger partial charge in [-0.1, -0.05) is 25.3 Å². The molecule has 0 aromatic carbocycles. The van der Waals surface area contributed by atoms with Crippen LogP contribution in [0.15, 0.2) is 35.3 Å². The minimum atomic E-state index is -0.556. The van der Waals surface area contributed by atoms with Crippen molar-refractivity contribution in [2.24, 2.45) is 9.98 Å². The second kappa shape index (κ2) is 5.62. The quantitative estimate of drug-likeness (QED) is 0.532. The first-order valence-electron chi connectivity index (χ1n) is 2.65. The van der Waals surface area contributed by atoms with Crippen LogP contribution < -0.4 is 0 Å². The zero-order valence-corrected chi connectivity index (χ0v) is 5.53. The summed E-state index contributed by atoms with van der Waals surface area (Å²) in [6.07, 6.45) is 5.37. The van der Waals surface area contributed by atoms with Crippen molar-refractivity contribution in [2.45, 2.75) is 0 Å². The summed E-state index contributed by atoms with van der Waals surface area (Å²) >= 11 is 0. The predicted molar refractivity (Wildman–Crippen MR) is 42.8 cm³/mol. The molecule has 0 atom stereocenters. The molecule has 0 radical (unpaired) electrons. The lowest BCUT2D eigenvalue weighted by atomic mass is 10.7. The van der Waals surface area contributed by atoms with Crippen molar-refractivity contribution >= 4 is 18.5 Å². The van der Waals surface area contributed by atoms with Crippen molar-refractivity contribution in [3.05, 3.63) is 25.3 Å². The maximum Gasteiger partial charge on any atom is 0.366 e. The summed E-state index contributed by atoms with van der Waals surface area (Å²) in [5, 5.41) is 0. The summed E-state index contributed by atoms with van der Waals surface area (Å²) in [5.74, 6) is 0. The fourth-order valence-electron chi connectivity index (χ4n) is 0.266. The van der Waals surface area contributed by atoms with Crippen LogP contribution in [-0.2, 0) is 0 Å². The van der Waals surface area contributed by atoms with Crippen molar-refractivity contribution in [3.8, 4) is 0 Å². The molecule has 3 nitrogen and oxygen atoms in total. The first kappa shape index (κ1) is 8.49. The highest BCUT2D eigenvalue weighted by molar-refractivity contribution is 5.93. The minimum Gasteiger partial charge on any atom is -0.244 e. The van der Waals surface area contributed by atoms with Gasteiger partial charge in [-0.05, 0) is 0 Å². The number of allylic oxidation sites excluding steroid dienone is 2. The highest BCUT2D eigenvalue weighted by atomic mass is 16.2. The lowest BCUT2D eigenvalue weighted by Crippen LogP contribution is -1.83. The van der Waals surface area contributed by atoms with Gasteiger partial charge in [0, 0.05) is 12.4 Å². The molecular weight excluding hydrogens is 128 g/mol. The Kier molecular flexibility index (Phi) is 4.77. The van der Waals surface area contributed by atoms with Crippen LogP contribution in [0.2, 0.25) is 0 Å². The fourth-order valence-corrected chi connectivity index (χ4v) is 0.266. The van der Waals surface area contributed by atoms with E-state index >= 15 is 0 Å². The number of hydrogen-bond donors (Lipinski definition) is 0. The van der Waals surface area contributed by atoms with Gasteiger partial charge < -0.3 is 0 Å². The monoisotopic (exact) mass is 136 g/mol. The number of aliphatic imine (C=N–C) groups is 2. The Morgan fingerprint density at radius 2 is 1.50 bits per heavy atom. The first-order chi connectivity index (χ1) is 4.81. The van der Waals surface area contributed by atoms with Crippen LogP contribution in [-0.4, -0.2) is 18.5 Å². The predicted octanol–water partition coefficient (Wildman–Crippen LogP) is 1.62. The van der Waals surface area contributed by atoms with Crippen LogP contribution >= 0.6 is 0 Å². The standard InChI is InChI=1S/C7H8N2O/c1-3-5-8-7(10)9-6-4-2/h3-6H,1-2H2. The molecular formula is C7H8N2O. The maximum absolute atomic E-state index is 10.5. The Bertz CT molecular complexity index is 172. The third-order valence-corrected chi connectivity index (χ3v) is 0.581. The third-order valence-electron chi connectivity index (χ3n) is 0.581. The van der Waals surface area contributed by atoms with Gasteiger partial charge in [-0.15, -0.1) is 0 Å². The maximum atomic E-state index is 10.5. The van der Waals surface area contributed by atoms with E-state index < -0.39 is 6.03 Å². The minimum absolute atomic E-state index is 0.556. The first-order valence-corrected chi connectivity index (χ1v) is 2.65. The third kappa shape index (κ3) is 4.64. The lowest BCUT2D eigenvalue weighted by molar-refractivity contribution is 0.257. The van der Waals surface area contributed by atoms with Crippen LogP contribution in [0.25, 0.3) is 0 Å². The van der Waals surface area contributed by atoms with E-state index in [9.17, 15) is 4.79 Å². The van der Waals surface area contributed by atoms with E-state index in [1.807, 2.05) is 0 Å². The van der Waals surface area contributed by atoms with Gasteiger partial charge >= 0.3 is 6.03 Å². The molecule has 0 aliphatic heterocycles. The van der Waals surface area contributed by atoms with Gasteiger partial charge in [0.25, 0.3) is 0 Å². The van der Waals surface area contributed by atoms with Crippen molar-refractivity contribution in [1.82, 2.24) is 0 Å². The van der Waals surface area contributed by atoms with Gasteiger partial charge in [-0.3, -0.25) is 0 Å². The highest BCUT2D eigenvalue weighted by Gasteiger charge is 1.84. The largest absolute Gasteiger partial charge is 0.366 e. The average Bonchev–Trinajstić information content (AvgIpc) is 1.97. The van der Waals surface area contributed by atoms with Crippen molar-refractivity contribution in [1.29, 1.82) is 0 Å². The number of urea groups is 1. The molecule has 3 heteroatoms. The smallest absolute Gasteiger partial charge is 0.244 e. The van der Waals surface area contributed by atoms with E-state index in [-0.39, 0.29) is 0 Å². The molecule has 0 heterocycles. The molecule has 52 valence electrons. The molecule has 0 spiro atoms. The second-order valence-electron chi connectivity index (χ2n) is 1.31. The van der Waals surface area contributed by atoms with E-state index in [4.69, 9.17) is 0 Å². The van der Waals surface area contributed by atoms with E-state index in [1.165, 1.54) is 24.6 Å². The Hall–Kier alpha value is -1.51. The molecule has 0 saturated carbocycles. The van der Waals surface area contributed by atoms with Crippen molar-refractivity contribution in [3.63, 3.8) is 0 Å². The molecule has 0 unspecified atom stereocenters. The number of hydrogen-bond acceptors (Lipinski definition) is 1. The summed E-state index contributed by atoms with van der Waals surface area (Å²) in [4.78, 5) is 17.2. The van der Waals surface area contributed by atoms with Gasteiger partial charge in [0.1, 0.15) is 0 Å². The summed E-state index contributed by atoms with van der Waals surface area (Å²) in [7, 11) is 0. The van der Waals surface area contributed by atoms with Gasteiger partial charge in [0.2, 0.25) is 0 Å². The van der Waals surface area contributed by atoms with Crippen molar-refractivity contribution in [2.75, 3.05) is 0 Å². The summed E-state index contributed by atoms with van der Waals surface area (Å²) in [6.45, 7) is 6.68. The molecule has 10 heavy (non-hydrogen) atoms. The molecule has 0 aliphatic carbocycles. The lowest BCUT2D eigenvalue weighted by Gasteiger charge is -1.77. The van der Waals surface area contributed by atoms with Crippen LogP contribution in [0.4, 0.5) is 4.79 Å². The molecule has 0 saturated heterocycles. The Morgan fingerprint density at radius 3 is 1.80 bits per heavy atom. The fraction of sp³-hybridized carbons (Fsp3) is 0. The van der Waals surface area contributed by atoms with E-state index in [0.717, 1.165) is 0 Å².